The quantitative estimate of drug-likeness (QED) is 0.909. The van der Waals surface area contributed by atoms with E-state index in [9.17, 15) is 5.11 Å². The molecule has 3 atom stereocenters. The molecule has 2 heterocycles. The van der Waals surface area contributed by atoms with Gasteiger partial charge in [0.25, 0.3) is 0 Å². The summed E-state index contributed by atoms with van der Waals surface area (Å²) in [6.45, 7) is 5.76. The van der Waals surface area contributed by atoms with Gasteiger partial charge in [-0.2, -0.15) is 0 Å². The molecular formula is C21H28N2O3. The minimum Gasteiger partial charge on any atom is -0.441 e. The van der Waals surface area contributed by atoms with Gasteiger partial charge in [0, 0.05) is 31.8 Å². The second kappa shape index (κ2) is 6.80. The molecular weight excluding hydrogens is 328 g/mol. The number of aliphatic hydroxyl groups excluding tert-OH is 1. The van der Waals surface area contributed by atoms with E-state index in [4.69, 9.17) is 14.1 Å². The van der Waals surface area contributed by atoms with Crippen LogP contribution in [0.25, 0.3) is 11.5 Å². The standard InChI is InChI=1S/C21H28N2O3/c1-14-5-4-6-16(11-14)20-22-18(15(2)26-20)13-23-10-9-21(25-3)8-7-17(24)12-19(21)23/h4-6,11,17,19,24H,7-10,12-13H2,1-3H3/t17-,19+,21-/m1/s1. The smallest absolute Gasteiger partial charge is 0.226 e. The average molecular weight is 356 g/mol. The topological polar surface area (TPSA) is 58.7 Å². The highest BCUT2D eigenvalue weighted by Crippen LogP contribution is 2.43. The van der Waals surface area contributed by atoms with Crippen LogP contribution in [0.3, 0.4) is 0 Å². The van der Waals surface area contributed by atoms with Gasteiger partial charge in [-0.1, -0.05) is 17.7 Å². The molecule has 1 saturated heterocycles. The molecule has 1 saturated carbocycles. The fourth-order valence-corrected chi connectivity index (χ4v) is 4.63. The molecule has 140 valence electrons. The molecule has 5 nitrogen and oxygen atoms in total. The Balaban J connectivity index is 1.56. The van der Waals surface area contributed by atoms with Crippen molar-refractivity contribution in [1.82, 2.24) is 9.88 Å². The zero-order valence-corrected chi connectivity index (χ0v) is 15.9. The Hall–Kier alpha value is -1.69. The van der Waals surface area contributed by atoms with Gasteiger partial charge in [-0.15, -0.1) is 0 Å². The Morgan fingerprint density at radius 1 is 1.35 bits per heavy atom. The van der Waals surface area contributed by atoms with Crippen LogP contribution in [0.1, 0.15) is 42.7 Å². The number of aryl methyl sites for hydroxylation is 2. The number of rotatable bonds is 4. The zero-order valence-electron chi connectivity index (χ0n) is 15.9. The molecule has 2 aliphatic rings. The lowest BCUT2D eigenvalue weighted by molar-refractivity contribution is -0.0880. The Kier molecular flexibility index (Phi) is 4.63. The number of nitrogens with zero attached hydrogens (tertiary/aromatic N) is 2. The molecule has 1 N–H and O–H groups in total. The summed E-state index contributed by atoms with van der Waals surface area (Å²) in [5.41, 5.74) is 3.07. The lowest BCUT2D eigenvalue weighted by Crippen LogP contribution is -2.51. The number of hydrogen-bond donors (Lipinski definition) is 1. The lowest BCUT2D eigenvalue weighted by Gasteiger charge is -2.42. The molecule has 0 spiro atoms. The molecule has 1 aromatic carbocycles. The van der Waals surface area contributed by atoms with Crippen LogP contribution in [-0.2, 0) is 11.3 Å². The van der Waals surface area contributed by atoms with E-state index in [1.54, 1.807) is 0 Å². The summed E-state index contributed by atoms with van der Waals surface area (Å²) >= 11 is 0. The first-order valence-electron chi connectivity index (χ1n) is 9.51. The predicted molar refractivity (Wildman–Crippen MR) is 99.8 cm³/mol. The number of oxazole rings is 1. The summed E-state index contributed by atoms with van der Waals surface area (Å²) in [5.74, 6) is 1.55. The first-order chi connectivity index (χ1) is 12.5. The van der Waals surface area contributed by atoms with E-state index in [-0.39, 0.29) is 17.7 Å². The molecule has 2 aromatic rings. The van der Waals surface area contributed by atoms with E-state index >= 15 is 0 Å². The van der Waals surface area contributed by atoms with Gasteiger partial charge in [-0.3, -0.25) is 4.90 Å². The molecule has 1 aliphatic carbocycles. The molecule has 0 radical (unpaired) electrons. The fourth-order valence-electron chi connectivity index (χ4n) is 4.63. The molecule has 2 fully saturated rings. The summed E-state index contributed by atoms with van der Waals surface area (Å²) in [6, 6.07) is 8.47. The Morgan fingerprint density at radius 2 is 2.19 bits per heavy atom. The highest BCUT2D eigenvalue weighted by atomic mass is 16.5. The largest absolute Gasteiger partial charge is 0.441 e. The van der Waals surface area contributed by atoms with Crippen LogP contribution in [0.5, 0.6) is 0 Å². The van der Waals surface area contributed by atoms with Gasteiger partial charge >= 0.3 is 0 Å². The summed E-state index contributed by atoms with van der Waals surface area (Å²) in [4.78, 5) is 7.19. The lowest BCUT2D eigenvalue weighted by atomic mass is 9.79. The van der Waals surface area contributed by atoms with Crippen LogP contribution in [0.15, 0.2) is 28.7 Å². The predicted octanol–water partition coefficient (Wildman–Crippen LogP) is 3.46. The molecule has 26 heavy (non-hydrogen) atoms. The Bertz CT molecular complexity index is 787. The van der Waals surface area contributed by atoms with Gasteiger partial charge in [0.1, 0.15) is 5.76 Å². The van der Waals surface area contributed by atoms with Gasteiger partial charge in [0.15, 0.2) is 0 Å². The van der Waals surface area contributed by atoms with Crippen LogP contribution in [0.2, 0.25) is 0 Å². The second-order valence-corrected chi connectivity index (χ2v) is 7.82. The molecule has 1 aromatic heterocycles. The van der Waals surface area contributed by atoms with Crippen LogP contribution in [0, 0.1) is 13.8 Å². The number of benzene rings is 1. The summed E-state index contributed by atoms with van der Waals surface area (Å²) < 4.78 is 11.9. The highest BCUT2D eigenvalue weighted by Gasteiger charge is 2.50. The van der Waals surface area contributed by atoms with Gasteiger partial charge in [-0.25, -0.2) is 4.98 Å². The summed E-state index contributed by atoms with van der Waals surface area (Å²) in [5, 5.41) is 10.2. The van der Waals surface area contributed by atoms with Gasteiger partial charge in [0.05, 0.1) is 17.4 Å². The minimum atomic E-state index is -0.231. The number of aliphatic hydroxyl groups is 1. The van der Waals surface area contributed by atoms with E-state index in [1.807, 2.05) is 26.2 Å². The number of methoxy groups -OCH3 is 1. The molecule has 0 unspecified atom stereocenters. The number of hydrogen-bond acceptors (Lipinski definition) is 5. The third-order valence-electron chi connectivity index (χ3n) is 6.18. The fraction of sp³-hybridized carbons (Fsp3) is 0.571. The van der Waals surface area contributed by atoms with Crippen molar-refractivity contribution in [3.8, 4) is 11.5 Å². The molecule has 0 bridgehead atoms. The number of ether oxygens (including phenoxy) is 1. The van der Waals surface area contributed by atoms with Crippen molar-refractivity contribution in [2.45, 2.75) is 63.8 Å². The van der Waals surface area contributed by atoms with Gasteiger partial charge in [-0.05, 0) is 51.7 Å². The van der Waals surface area contributed by atoms with E-state index in [1.165, 1.54) is 5.56 Å². The van der Waals surface area contributed by atoms with Crippen molar-refractivity contribution in [2.75, 3.05) is 13.7 Å². The Morgan fingerprint density at radius 3 is 2.96 bits per heavy atom. The van der Waals surface area contributed by atoms with E-state index < -0.39 is 0 Å². The van der Waals surface area contributed by atoms with Crippen LogP contribution < -0.4 is 0 Å². The minimum absolute atomic E-state index is 0.115. The summed E-state index contributed by atoms with van der Waals surface area (Å²) in [7, 11) is 1.81. The zero-order chi connectivity index (χ0) is 18.3. The SMILES string of the molecule is CO[C@@]12CC[C@@H](O)C[C@@H]1N(Cc1nc(-c3cccc(C)c3)oc1C)CC2. The third kappa shape index (κ3) is 3.08. The van der Waals surface area contributed by atoms with Crippen LogP contribution in [0.4, 0.5) is 0 Å². The van der Waals surface area contributed by atoms with E-state index in [0.717, 1.165) is 55.8 Å². The number of likely N-dealkylation sites (tertiary alicyclic amines) is 1. The number of fused-ring (bicyclic) bond motifs is 1. The first-order valence-corrected chi connectivity index (χ1v) is 9.51. The van der Waals surface area contributed by atoms with Crippen molar-refractivity contribution in [3.05, 3.63) is 41.3 Å². The van der Waals surface area contributed by atoms with Crippen molar-refractivity contribution < 1.29 is 14.3 Å². The summed E-state index contributed by atoms with van der Waals surface area (Å²) in [6.07, 6.45) is 3.32. The maximum atomic E-state index is 10.2. The second-order valence-electron chi connectivity index (χ2n) is 7.82. The van der Waals surface area contributed by atoms with Gasteiger partial charge in [0.2, 0.25) is 5.89 Å². The monoisotopic (exact) mass is 356 g/mol. The molecule has 4 rings (SSSR count). The maximum absolute atomic E-state index is 10.2. The van der Waals surface area contributed by atoms with Gasteiger partial charge < -0.3 is 14.3 Å². The molecule has 5 heteroatoms. The van der Waals surface area contributed by atoms with Crippen molar-refractivity contribution in [1.29, 1.82) is 0 Å². The molecule has 1 aliphatic heterocycles. The van der Waals surface area contributed by atoms with Crippen molar-refractivity contribution >= 4 is 0 Å². The van der Waals surface area contributed by atoms with Crippen molar-refractivity contribution in [3.63, 3.8) is 0 Å². The number of aromatic nitrogens is 1. The van der Waals surface area contributed by atoms with Crippen molar-refractivity contribution in [2.24, 2.45) is 0 Å². The van der Waals surface area contributed by atoms with Crippen LogP contribution in [-0.4, -0.2) is 46.4 Å². The molecule has 0 amide bonds. The first kappa shape index (κ1) is 17.7. The van der Waals surface area contributed by atoms with E-state index in [0.29, 0.717) is 5.89 Å². The third-order valence-corrected chi connectivity index (χ3v) is 6.18. The van der Waals surface area contributed by atoms with Crippen LogP contribution >= 0.6 is 0 Å². The normalized spacial score (nSPS) is 29.1. The highest BCUT2D eigenvalue weighted by molar-refractivity contribution is 5.54. The van der Waals surface area contributed by atoms with E-state index in [2.05, 4.69) is 24.0 Å². The Labute approximate surface area is 155 Å². The average Bonchev–Trinajstić information content (AvgIpc) is 3.17. The maximum Gasteiger partial charge on any atom is 0.226 e.